The fourth-order valence-electron chi connectivity index (χ4n) is 4.12. The van der Waals surface area contributed by atoms with E-state index in [0.717, 1.165) is 42.8 Å². The molecule has 0 saturated carbocycles. The predicted molar refractivity (Wildman–Crippen MR) is 131 cm³/mol. The molecule has 0 aromatic heterocycles. The minimum Gasteiger partial charge on any atom is -0.455 e. The zero-order valence-corrected chi connectivity index (χ0v) is 19.0. The van der Waals surface area contributed by atoms with E-state index in [9.17, 15) is 9.59 Å². The molecule has 5 heteroatoms. The van der Waals surface area contributed by atoms with Gasteiger partial charge in [-0.2, -0.15) is 0 Å². The van der Waals surface area contributed by atoms with E-state index in [-0.39, 0.29) is 17.6 Å². The van der Waals surface area contributed by atoms with Crippen molar-refractivity contribution >= 4 is 17.4 Å². The van der Waals surface area contributed by atoms with Crippen LogP contribution in [0.25, 0.3) is 0 Å². The summed E-state index contributed by atoms with van der Waals surface area (Å²) in [7, 11) is 0. The van der Waals surface area contributed by atoms with Gasteiger partial charge >= 0.3 is 0 Å². The van der Waals surface area contributed by atoms with E-state index in [1.165, 1.54) is 0 Å². The average Bonchev–Trinajstić information content (AvgIpc) is 2.85. The van der Waals surface area contributed by atoms with Gasteiger partial charge in [-0.05, 0) is 57.1 Å². The standard InChI is InChI=1S/C28H30N2O3/c1-21-11-13-22(14-12-21)28(32)23-15-18-30(19-16-23)20-17-27(31)29-25-9-5-6-10-26(25)33-24-7-3-2-4-8-24/h2-14,23H,15-20H2,1H3,(H,29,31). The molecule has 170 valence electrons. The molecule has 1 amide bonds. The lowest BCUT2D eigenvalue weighted by Crippen LogP contribution is -2.38. The third-order valence-corrected chi connectivity index (χ3v) is 6.08. The van der Waals surface area contributed by atoms with Crippen molar-refractivity contribution < 1.29 is 14.3 Å². The summed E-state index contributed by atoms with van der Waals surface area (Å²) in [6, 6.07) is 24.8. The number of rotatable bonds is 8. The van der Waals surface area contributed by atoms with Gasteiger partial charge in [-0.1, -0.05) is 60.2 Å². The molecule has 1 saturated heterocycles. The lowest BCUT2D eigenvalue weighted by molar-refractivity contribution is -0.116. The monoisotopic (exact) mass is 442 g/mol. The second kappa shape index (κ2) is 10.9. The number of carbonyl (C=O) groups is 2. The Kier molecular flexibility index (Phi) is 7.53. The molecule has 0 unspecified atom stereocenters. The molecular formula is C28H30N2O3. The first-order valence-electron chi connectivity index (χ1n) is 11.5. The first kappa shape index (κ1) is 22.7. The fraction of sp³-hybridized carbons (Fsp3) is 0.286. The van der Waals surface area contributed by atoms with E-state index >= 15 is 0 Å². The molecule has 1 N–H and O–H groups in total. The summed E-state index contributed by atoms with van der Waals surface area (Å²) < 4.78 is 5.92. The van der Waals surface area contributed by atoms with Crippen LogP contribution in [0.3, 0.4) is 0 Å². The number of carbonyl (C=O) groups excluding carboxylic acids is 2. The van der Waals surface area contributed by atoms with Crippen LogP contribution in [0.15, 0.2) is 78.9 Å². The number of hydrogen-bond acceptors (Lipinski definition) is 4. The second-order valence-corrected chi connectivity index (χ2v) is 8.56. The number of anilines is 1. The number of ketones is 1. The topological polar surface area (TPSA) is 58.6 Å². The Hall–Kier alpha value is -3.44. The Labute approximate surface area is 195 Å². The second-order valence-electron chi connectivity index (χ2n) is 8.56. The summed E-state index contributed by atoms with van der Waals surface area (Å²) in [5, 5.41) is 2.98. The van der Waals surface area contributed by atoms with Gasteiger partial charge in [0.1, 0.15) is 5.75 Å². The Morgan fingerprint density at radius 2 is 1.58 bits per heavy atom. The summed E-state index contributed by atoms with van der Waals surface area (Å²) in [4.78, 5) is 27.6. The molecule has 0 atom stereocenters. The highest BCUT2D eigenvalue weighted by Crippen LogP contribution is 2.29. The Morgan fingerprint density at radius 3 is 2.30 bits per heavy atom. The summed E-state index contributed by atoms with van der Waals surface area (Å²) in [5.74, 6) is 1.61. The number of nitrogens with one attached hydrogen (secondary N) is 1. The van der Waals surface area contributed by atoms with Crippen LogP contribution in [0, 0.1) is 12.8 Å². The van der Waals surface area contributed by atoms with E-state index in [1.54, 1.807) is 0 Å². The van der Waals surface area contributed by atoms with Crippen molar-refractivity contribution in [3.05, 3.63) is 90.0 Å². The molecule has 33 heavy (non-hydrogen) atoms. The molecule has 5 nitrogen and oxygen atoms in total. The predicted octanol–water partition coefficient (Wildman–Crippen LogP) is 5.71. The molecule has 0 radical (unpaired) electrons. The molecule has 0 spiro atoms. The van der Waals surface area contributed by atoms with E-state index in [4.69, 9.17) is 4.74 Å². The molecule has 1 fully saturated rings. The van der Waals surface area contributed by atoms with Gasteiger partial charge in [-0.15, -0.1) is 0 Å². The van der Waals surface area contributed by atoms with E-state index < -0.39 is 0 Å². The lowest BCUT2D eigenvalue weighted by Gasteiger charge is -2.31. The largest absolute Gasteiger partial charge is 0.455 e. The van der Waals surface area contributed by atoms with E-state index in [0.29, 0.717) is 24.4 Å². The molecule has 0 bridgehead atoms. The van der Waals surface area contributed by atoms with Crippen molar-refractivity contribution in [2.45, 2.75) is 26.2 Å². The Bertz CT molecular complexity index is 1070. The number of para-hydroxylation sites is 3. The Balaban J connectivity index is 1.24. The Morgan fingerprint density at radius 1 is 0.909 bits per heavy atom. The number of amides is 1. The van der Waals surface area contributed by atoms with Gasteiger partial charge in [0, 0.05) is 24.4 Å². The van der Waals surface area contributed by atoms with Crippen LogP contribution >= 0.6 is 0 Å². The van der Waals surface area contributed by atoms with Crippen LogP contribution in [0.4, 0.5) is 5.69 Å². The van der Waals surface area contributed by atoms with Crippen LogP contribution in [0.1, 0.15) is 35.2 Å². The van der Waals surface area contributed by atoms with Crippen molar-refractivity contribution in [2.24, 2.45) is 5.92 Å². The third kappa shape index (κ3) is 6.30. The van der Waals surface area contributed by atoms with Crippen LogP contribution in [0.2, 0.25) is 0 Å². The summed E-state index contributed by atoms with van der Waals surface area (Å²) in [6.07, 6.45) is 2.07. The molecule has 1 aliphatic heterocycles. The highest BCUT2D eigenvalue weighted by Gasteiger charge is 2.26. The molecule has 3 aromatic carbocycles. The molecule has 4 rings (SSSR count). The smallest absolute Gasteiger partial charge is 0.225 e. The first-order chi connectivity index (χ1) is 16.1. The van der Waals surface area contributed by atoms with E-state index in [1.807, 2.05) is 85.8 Å². The van der Waals surface area contributed by atoms with Crippen molar-refractivity contribution in [3.63, 3.8) is 0 Å². The number of likely N-dealkylation sites (tertiary alicyclic amines) is 1. The van der Waals surface area contributed by atoms with E-state index in [2.05, 4.69) is 10.2 Å². The van der Waals surface area contributed by atoms with Crippen molar-refractivity contribution in [1.82, 2.24) is 4.90 Å². The highest BCUT2D eigenvalue weighted by atomic mass is 16.5. The number of benzene rings is 3. The maximum Gasteiger partial charge on any atom is 0.225 e. The molecule has 1 aliphatic rings. The van der Waals surface area contributed by atoms with Crippen molar-refractivity contribution in [1.29, 1.82) is 0 Å². The zero-order valence-electron chi connectivity index (χ0n) is 19.0. The summed E-state index contributed by atoms with van der Waals surface area (Å²) in [6.45, 7) is 4.38. The number of ether oxygens (including phenoxy) is 1. The van der Waals surface area contributed by atoms with Crippen LogP contribution in [0.5, 0.6) is 11.5 Å². The zero-order chi connectivity index (χ0) is 23.0. The molecule has 3 aromatic rings. The maximum absolute atomic E-state index is 12.8. The number of piperidine rings is 1. The van der Waals surface area contributed by atoms with Crippen molar-refractivity contribution in [3.8, 4) is 11.5 Å². The third-order valence-electron chi connectivity index (χ3n) is 6.08. The van der Waals surface area contributed by atoms with Crippen LogP contribution in [-0.2, 0) is 4.79 Å². The quantitative estimate of drug-likeness (QED) is 0.454. The number of hydrogen-bond donors (Lipinski definition) is 1. The first-order valence-corrected chi connectivity index (χ1v) is 11.5. The molecule has 0 aliphatic carbocycles. The van der Waals surface area contributed by atoms with Crippen LogP contribution < -0.4 is 10.1 Å². The number of aryl methyl sites for hydroxylation is 1. The SMILES string of the molecule is Cc1ccc(C(=O)C2CCN(CCC(=O)Nc3ccccc3Oc3ccccc3)CC2)cc1. The van der Waals surface area contributed by atoms with Gasteiger partial charge in [0.25, 0.3) is 0 Å². The fourth-order valence-corrected chi connectivity index (χ4v) is 4.12. The summed E-state index contributed by atoms with van der Waals surface area (Å²) >= 11 is 0. The minimum absolute atomic E-state index is 0.0445. The van der Waals surface area contributed by atoms with Gasteiger partial charge in [0.05, 0.1) is 5.69 Å². The van der Waals surface area contributed by atoms with Crippen LogP contribution in [-0.4, -0.2) is 36.2 Å². The van der Waals surface area contributed by atoms with Gasteiger partial charge in [-0.3, -0.25) is 9.59 Å². The van der Waals surface area contributed by atoms with Gasteiger partial charge in [0.2, 0.25) is 5.91 Å². The molecule has 1 heterocycles. The number of nitrogens with zero attached hydrogens (tertiary/aromatic N) is 1. The van der Waals surface area contributed by atoms with Gasteiger partial charge in [0.15, 0.2) is 11.5 Å². The minimum atomic E-state index is -0.0445. The average molecular weight is 443 g/mol. The maximum atomic E-state index is 12.8. The highest BCUT2D eigenvalue weighted by molar-refractivity contribution is 5.98. The van der Waals surface area contributed by atoms with Crippen molar-refractivity contribution in [2.75, 3.05) is 25.0 Å². The lowest BCUT2D eigenvalue weighted by atomic mass is 9.88. The molecular weight excluding hydrogens is 412 g/mol. The van der Waals surface area contributed by atoms with Gasteiger partial charge in [-0.25, -0.2) is 0 Å². The summed E-state index contributed by atoms with van der Waals surface area (Å²) in [5.41, 5.74) is 2.62. The van der Waals surface area contributed by atoms with Gasteiger partial charge < -0.3 is 15.0 Å². The number of Topliss-reactive ketones (excluding diaryl/α,β-unsaturated/α-hetero) is 1. The normalized spacial score (nSPS) is 14.6.